The highest BCUT2D eigenvalue weighted by Crippen LogP contribution is 2.33. The fraction of sp³-hybridized carbons (Fsp3) is 0.273. The Hall–Kier alpha value is -3.66. The van der Waals surface area contributed by atoms with Crippen molar-refractivity contribution in [2.24, 2.45) is 7.05 Å². The maximum atomic E-state index is 14.1. The molecule has 0 radical (unpaired) electrons. The van der Waals surface area contributed by atoms with Crippen molar-refractivity contribution in [3.05, 3.63) is 48.6 Å². The van der Waals surface area contributed by atoms with Crippen molar-refractivity contribution in [1.82, 2.24) is 19.7 Å². The molecule has 1 aromatic carbocycles. The molecule has 1 aliphatic rings. The molecule has 0 saturated carbocycles. The first-order valence-electron chi connectivity index (χ1n) is 10.3. The van der Waals surface area contributed by atoms with Gasteiger partial charge < -0.3 is 20.4 Å². The second-order valence-corrected chi connectivity index (χ2v) is 7.88. The van der Waals surface area contributed by atoms with E-state index in [9.17, 15) is 9.18 Å². The average molecular weight is 472 g/mol. The summed E-state index contributed by atoms with van der Waals surface area (Å²) < 4.78 is 21.3. The van der Waals surface area contributed by atoms with Gasteiger partial charge in [0.2, 0.25) is 5.89 Å². The quantitative estimate of drug-likeness (QED) is 0.465. The van der Waals surface area contributed by atoms with E-state index >= 15 is 0 Å². The summed E-state index contributed by atoms with van der Waals surface area (Å²) in [5.74, 6) is 0.164. The number of nitrogens with two attached hydrogens (primary N) is 1. The van der Waals surface area contributed by atoms with E-state index in [1.165, 1.54) is 6.26 Å². The zero-order valence-corrected chi connectivity index (χ0v) is 18.7. The maximum absolute atomic E-state index is 14.1. The highest BCUT2D eigenvalue weighted by atomic mass is 35.5. The van der Waals surface area contributed by atoms with Gasteiger partial charge in [-0.15, -0.1) is 12.4 Å². The van der Waals surface area contributed by atoms with Gasteiger partial charge >= 0.3 is 0 Å². The van der Waals surface area contributed by atoms with Crippen molar-refractivity contribution in [1.29, 1.82) is 0 Å². The zero-order valence-electron chi connectivity index (χ0n) is 17.9. The Morgan fingerprint density at radius 3 is 2.97 bits per heavy atom. The standard InChI is InChI=1S/C22H22FN7O2.ClH/c1-29-10-14-7-17(19(9-16(14)28-29)30-6-2-3-15(23)11-30)26-21(31)18-12-32-22(27-18)13-4-5-25-20(24)8-13;/h4-5,7-10,12,15H,2-3,6,11H2,1H3,(H2,24,25)(H,26,31);1H. The van der Waals surface area contributed by atoms with Crippen molar-refractivity contribution in [3.8, 4) is 11.5 Å². The molecule has 0 aliphatic carbocycles. The Balaban J connectivity index is 0.00000259. The molecule has 3 N–H and O–H groups in total. The van der Waals surface area contributed by atoms with Crippen LogP contribution < -0.4 is 16.0 Å². The molecule has 5 rings (SSSR count). The molecule has 0 spiro atoms. The third-order valence-electron chi connectivity index (χ3n) is 5.45. The molecule has 11 heteroatoms. The van der Waals surface area contributed by atoms with Crippen molar-refractivity contribution >= 4 is 46.4 Å². The van der Waals surface area contributed by atoms with E-state index in [4.69, 9.17) is 10.2 Å². The predicted octanol–water partition coefficient (Wildman–Crippen LogP) is 3.82. The first kappa shape index (κ1) is 22.5. The number of rotatable bonds is 4. The number of nitrogen functional groups attached to an aromatic ring is 1. The molecule has 1 atom stereocenters. The van der Waals surface area contributed by atoms with Gasteiger partial charge in [0.1, 0.15) is 18.3 Å². The lowest BCUT2D eigenvalue weighted by molar-refractivity contribution is 0.102. The number of piperidine rings is 1. The summed E-state index contributed by atoms with van der Waals surface area (Å²) in [4.78, 5) is 23.2. The molecule has 4 aromatic rings. The highest BCUT2D eigenvalue weighted by Gasteiger charge is 2.24. The van der Waals surface area contributed by atoms with E-state index in [2.05, 4.69) is 20.4 Å². The number of amides is 1. The molecule has 3 aromatic heterocycles. The van der Waals surface area contributed by atoms with Crippen LogP contribution in [0.4, 0.5) is 21.6 Å². The van der Waals surface area contributed by atoms with Gasteiger partial charge in [-0.3, -0.25) is 9.48 Å². The molecule has 1 unspecified atom stereocenters. The first-order chi connectivity index (χ1) is 15.5. The number of anilines is 3. The number of nitrogens with zero attached hydrogens (tertiary/aromatic N) is 5. The molecule has 4 heterocycles. The number of hydrogen-bond acceptors (Lipinski definition) is 7. The second kappa shape index (κ2) is 9.07. The first-order valence-corrected chi connectivity index (χ1v) is 10.3. The van der Waals surface area contributed by atoms with Crippen LogP contribution >= 0.6 is 12.4 Å². The minimum Gasteiger partial charge on any atom is -0.444 e. The summed E-state index contributed by atoms with van der Waals surface area (Å²) in [7, 11) is 1.83. The summed E-state index contributed by atoms with van der Waals surface area (Å²) in [6.45, 7) is 0.984. The van der Waals surface area contributed by atoms with Gasteiger partial charge in [0.25, 0.3) is 5.91 Å². The van der Waals surface area contributed by atoms with Crippen LogP contribution in [0.2, 0.25) is 0 Å². The number of halogens is 2. The van der Waals surface area contributed by atoms with Crippen molar-refractivity contribution in [3.63, 3.8) is 0 Å². The summed E-state index contributed by atoms with van der Waals surface area (Å²) in [6.07, 6.45) is 5.09. The molecule has 9 nitrogen and oxygen atoms in total. The topological polar surface area (TPSA) is 115 Å². The third kappa shape index (κ3) is 4.61. The number of pyridine rings is 1. The molecule has 1 fully saturated rings. The van der Waals surface area contributed by atoms with E-state index in [-0.39, 0.29) is 30.5 Å². The second-order valence-electron chi connectivity index (χ2n) is 7.88. The number of benzene rings is 1. The molecule has 1 amide bonds. The molecule has 172 valence electrons. The number of alkyl halides is 1. The maximum Gasteiger partial charge on any atom is 0.277 e. The Bertz CT molecular complexity index is 1310. The summed E-state index contributed by atoms with van der Waals surface area (Å²) in [5.41, 5.74) is 8.54. The fourth-order valence-electron chi connectivity index (χ4n) is 3.97. The van der Waals surface area contributed by atoms with Crippen LogP contribution in [0, 0.1) is 0 Å². The number of oxazole rings is 1. The molecule has 0 bridgehead atoms. The van der Waals surface area contributed by atoms with E-state index in [1.54, 1.807) is 23.0 Å². The number of aryl methyl sites for hydroxylation is 1. The number of hydrogen-bond donors (Lipinski definition) is 2. The number of carbonyl (C=O) groups excluding carboxylic acids is 1. The zero-order chi connectivity index (χ0) is 22.2. The molecule has 33 heavy (non-hydrogen) atoms. The van der Waals surface area contributed by atoms with Gasteiger partial charge in [-0.25, -0.2) is 14.4 Å². The van der Waals surface area contributed by atoms with E-state index in [0.717, 1.165) is 23.0 Å². The van der Waals surface area contributed by atoms with Crippen LogP contribution in [-0.4, -0.2) is 44.9 Å². The summed E-state index contributed by atoms with van der Waals surface area (Å²) in [6, 6.07) is 7.05. The predicted molar refractivity (Wildman–Crippen MR) is 126 cm³/mol. The van der Waals surface area contributed by atoms with Gasteiger partial charge in [-0.2, -0.15) is 5.10 Å². The fourth-order valence-corrected chi connectivity index (χ4v) is 3.97. The van der Waals surface area contributed by atoms with Crippen molar-refractivity contribution < 1.29 is 13.6 Å². The number of aromatic nitrogens is 4. The number of nitrogens with one attached hydrogen (secondary N) is 1. The van der Waals surface area contributed by atoms with E-state index in [0.29, 0.717) is 30.0 Å². The summed E-state index contributed by atoms with van der Waals surface area (Å²) in [5, 5.41) is 8.24. The largest absolute Gasteiger partial charge is 0.444 e. The normalized spacial score (nSPS) is 15.9. The Kier molecular flexibility index (Phi) is 6.19. The molecule has 1 aliphatic heterocycles. The van der Waals surface area contributed by atoms with Crippen LogP contribution in [0.5, 0.6) is 0 Å². The van der Waals surface area contributed by atoms with Crippen molar-refractivity contribution in [2.75, 3.05) is 29.0 Å². The minimum atomic E-state index is -0.905. The van der Waals surface area contributed by atoms with Gasteiger partial charge in [0.15, 0.2) is 5.69 Å². The Morgan fingerprint density at radius 2 is 2.18 bits per heavy atom. The number of carbonyl (C=O) groups is 1. The lowest BCUT2D eigenvalue weighted by atomic mass is 10.1. The molecular weight excluding hydrogens is 449 g/mol. The Labute approximate surface area is 195 Å². The highest BCUT2D eigenvalue weighted by molar-refractivity contribution is 6.06. The van der Waals surface area contributed by atoms with Crippen molar-refractivity contribution in [2.45, 2.75) is 19.0 Å². The lowest BCUT2D eigenvalue weighted by Crippen LogP contribution is -2.37. The SMILES string of the molecule is Cl.Cn1cc2cc(NC(=O)c3coc(-c4ccnc(N)c4)n3)c(N3CCCC(F)C3)cc2n1. The lowest BCUT2D eigenvalue weighted by Gasteiger charge is -2.32. The van der Waals surface area contributed by atoms with Crippen LogP contribution in [0.15, 0.2) is 47.3 Å². The number of fused-ring (bicyclic) bond motifs is 1. The average Bonchev–Trinajstić information content (AvgIpc) is 3.39. The van der Waals surface area contributed by atoms with Gasteiger partial charge in [-0.05, 0) is 37.1 Å². The smallest absolute Gasteiger partial charge is 0.277 e. The van der Waals surface area contributed by atoms with E-state index < -0.39 is 12.1 Å². The van der Waals surface area contributed by atoms with Crippen LogP contribution in [-0.2, 0) is 7.05 Å². The van der Waals surface area contributed by atoms with Gasteiger partial charge in [-0.1, -0.05) is 0 Å². The molecule has 1 saturated heterocycles. The van der Waals surface area contributed by atoms with E-state index in [1.807, 2.05) is 30.3 Å². The monoisotopic (exact) mass is 471 g/mol. The van der Waals surface area contributed by atoms with Crippen LogP contribution in [0.3, 0.4) is 0 Å². The molecular formula is C22H23ClFN7O2. The summed E-state index contributed by atoms with van der Waals surface area (Å²) >= 11 is 0. The van der Waals surface area contributed by atoms with Crippen LogP contribution in [0.1, 0.15) is 23.3 Å². The Morgan fingerprint density at radius 1 is 1.33 bits per heavy atom. The minimum absolute atomic E-state index is 0. The third-order valence-corrected chi connectivity index (χ3v) is 5.45. The van der Waals surface area contributed by atoms with Crippen LogP contribution in [0.25, 0.3) is 22.4 Å². The van der Waals surface area contributed by atoms with Gasteiger partial charge in [0, 0.05) is 43.5 Å². The van der Waals surface area contributed by atoms with Gasteiger partial charge in [0.05, 0.1) is 16.9 Å².